The number of pyridine rings is 1. The Balaban J connectivity index is 1.07. The van der Waals surface area contributed by atoms with Crippen molar-refractivity contribution >= 4 is 28.4 Å². The van der Waals surface area contributed by atoms with Crippen molar-refractivity contribution in [3.63, 3.8) is 0 Å². The van der Waals surface area contributed by atoms with Gasteiger partial charge in [0.1, 0.15) is 23.5 Å². The van der Waals surface area contributed by atoms with Gasteiger partial charge in [0, 0.05) is 43.3 Å². The van der Waals surface area contributed by atoms with Crippen molar-refractivity contribution < 1.29 is 9.53 Å². The lowest BCUT2D eigenvalue weighted by molar-refractivity contribution is 0.0904. The zero-order valence-electron chi connectivity index (χ0n) is 21.0. The number of carbonyl (C=O) groups is 1. The van der Waals surface area contributed by atoms with E-state index in [0.717, 1.165) is 79.4 Å². The summed E-state index contributed by atoms with van der Waals surface area (Å²) in [5.74, 6) is 0.745. The van der Waals surface area contributed by atoms with Gasteiger partial charge in [0.15, 0.2) is 0 Å². The highest BCUT2D eigenvalue weighted by molar-refractivity contribution is 6.03. The lowest BCUT2D eigenvalue weighted by Gasteiger charge is -2.36. The van der Waals surface area contributed by atoms with Crippen LogP contribution in [0.5, 0.6) is 0 Å². The maximum absolute atomic E-state index is 12.9. The lowest BCUT2D eigenvalue weighted by atomic mass is 10.1. The molecule has 3 aromatic heterocycles. The van der Waals surface area contributed by atoms with Gasteiger partial charge in [-0.25, -0.2) is 9.97 Å². The quantitative estimate of drug-likeness (QED) is 0.362. The molecule has 6 heterocycles. The van der Waals surface area contributed by atoms with Crippen LogP contribution in [-0.4, -0.2) is 75.2 Å². The second-order valence-electron chi connectivity index (χ2n) is 10.5. The molecule has 38 heavy (non-hydrogen) atoms. The third kappa shape index (κ3) is 4.30. The fourth-order valence-electron chi connectivity index (χ4n) is 5.88. The molecule has 1 aromatic carbocycles. The van der Waals surface area contributed by atoms with E-state index < -0.39 is 0 Å². The fraction of sp³-hybridized carbons (Fsp3) is 0.357. The average molecular weight is 511 g/mol. The van der Waals surface area contributed by atoms with E-state index in [1.165, 1.54) is 0 Å². The van der Waals surface area contributed by atoms with Crippen molar-refractivity contribution in [1.82, 2.24) is 24.8 Å². The second kappa shape index (κ2) is 9.46. The van der Waals surface area contributed by atoms with Crippen molar-refractivity contribution in [3.8, 4) is 11.3 Å². The first-order valence-corrected chi connectivity index (χ1v) is 13.2. The van der Waals surface area contributed by atoms with Crippen LogP contribution in [0, 0.1) is 0 Å². The number of morpholine rings is 1. The van der Waals surface area contributed by atoms with Crippen LogP contribution >= 0.6 is 0 Å². The number of ether oxygens (including phenoxy) is 1. The maximum atomic E-state index is 12.9. The summed E-state index contributed by atoms with van der Waals surface area (Å²) < 4.78 is 5.76. The van der Waals surface area contributed by atoms with Gasteiger partial charge in [-0.3, -0.25) is 14.7 Å². The van der Waals surface area contributed by atoms with E-state index in [2.05, 4.69) is 41.1 Å². The number of aromatic amines is 1. The number of hydrogen-bond donors (Lipinski definition) is 3. The predicted octanol–water partition coefficient (Wildman–Crippen LogP) is 2.78. The smallest absolute Gasteiger partial charge is 0.274 e. The molecule has 3 aliphatic heterocycles. The zero-order chi connectivity index (χ0) is 25.6. The zero-order valence-corrected chi connectivity index (χ0v) is 21.0. The number of fused-ring (bicyclic) bond motifs is 3. The third-order valence-corrected chi connectivity index (χ3v) is 7.79. The summed E-state index contributed by atoms with van der Waals surface area (Å²) in [6.07, 6.45) is 5.58. The lowest BCUT2D eigenvalue weighted by Crippen LogP contribution is -2.54. The van der Waals surface area contributed by atoms with Crippen molar-refractivity contribution in [2.75, 3.05) is 36.5 Å². The minimum absolute atomic E-state index is 0.231. The Labute approximate surface area is 220 Å². The first-order chi connectivity index (χ1) is 18.6. The molecule has 10 heteroatoms. The van der Waals surface area contributed by atoms with Crippen LogP contribution in [0.3, 0.4) is 0 Å². The Hall–Kier alpha value is -3.86. The summed E-state index contributed by atoms with van der Waals surface area (Å²) in [4.78, 5) is 34.4. The van der Waals surface area contributed by atoms with Gasteiger partial charge in [-0.05, 0) is 54.3 Å². The summed E-state index contributed by atoms with van der Waals surface area (Å²) in [5, 5.41) is 3.98. The minimum atomic E-state index is -0.231. The summed E-state index contributed by atoms with van der Waals surface area (Å²) in [6, 6.07) is 14.7. The molecule has 4 aromatic rings. The van der Waals surface area contributed by atoms with E-state index in [-0.39, 0.29) is 11.9 Å². The largest absolute Gasteiger partial charge is 0.377 e. The fourth-order valence-corrected chi connectivity index (χ4v) is 5.88. The number of amides is 1. The molecule has 1 amide bonds. The number of aromatic nitrogens is 4. The Morgan fingerprint density at radius 1 is 1.05 bits per heavy atom. The Bertz CT molecular complexity index is 1460. The van der Waals surface area contributed by atoms with Crippen LogP contribution < -0.4 is 16.0 Å². The van der Waals surface area contributed by atoms with Crippen molar-refractivity contribution in [1.29, 1.82) is 0 Å². The number of nitrogens with two attached hydrogens (primary N) is 1. The van der Waals surface area contributed by atoms with Gasteiger partial charge >= 0.3 is 0 Å². The van der Waals surface area contributed by atoms with Gasteiger partial charge in [-0.1, -0.05) is 12.1 Å². The van der Waals surface area contributed by atoms with Crippen molar-refractivity contribution in [2.24, 2.45) is 5.73 Å². The van der Waals surface area contributed by atoms with E-state index in [1.807, 2.05) is 36.4 Å². The molecule has 4 N–H and O–H groups in total. The monoisotopic (exact) mass is 510 g/mol. The molecule has 3 aliphatic rings. The Morgan fingerprint density at radius 3 is 2.61 bits per heavy atom. The number of anilines is 2. The molecule has 2 atom stereocenters. The molecule has 10 nitrogen and oxygen atoms in total. The molecule has 0 aliphatic carbocycles. The number of hydrogen-bond acceptors (Lipinski definition) is 8. The number of H-pyrrole nitrogens is 1. The van der Waals surface area contributed by atoms with Crippen LogP contribution in [0.1, 0.15) is 28.9 Å². The molecular formula is C28H30N8O2. The summed E-state index contributed by atoms with van der Waals surface area (Å²) in [5.41, 5.74) is 10.8. The van der Waals surface area contributed by atoms with E-state index >= 15 is 0 Å². The van der Waals surface area contributed by atoms with Gasteiger partial charge in [-0.15, -0.1) is 0 Å². The molecule has 2 unspecified atom stereocenters. The molecule has 3 fully saturated rings. The number of nitrogens with one attached hydrogen (secondary N) is 2. The SMILES string of the molecule is NC1CN(Cc2ccnc(C(=O)Nc3ccc(-c4cc5c(N6C7CCC6COC7)ncnc5[nH]4)cc3)c2)C1. The van der Waals surface area contributed by atoms with Crippen LogP contribution in [0.25, 0.3) is 22.3 Å². The molecule has 3 saturated heterocycles. The topological polar surface area (TPSA) is 125 Å². The summed E-state index contributed by atoms with van der Waals surface area (Å²) >= 11 is 0. The maximum Gasteiger partial charge on any atom is 0.274 e. The standard InChI is InChI=1S/C28H30N8O2/c29-19-12-35(13-19)11-17-7-8-30-25(9-17)28(37)33-20-3-1-18(2-4-20)24-10-23-26(34-24)31-16-32-27(23)36-21-5-6-22(36)15-38-14-21/h1-4,7-10,16,19,21-22H,5-6,11-15,29H2,(H,33,37)(H,31,32,34). The predicted molar refractivity (Wildman–Crippen MR) is 145 cm³/mol. The minimum Gasteiger partial charge on any atom is -0.377 e. The normalized spacial score (nSPS) is 21.6. The van der Waals surface area contributed by atoms with E-state index in [9.17, 15) is 4.79 Å². The first kappa shape index (κ1) is 23.3. The average Bonchev–Trinajstić information content (AvgIpc) is 3.46. The number of carbonyl (C=O) groups excluding carboxylic acids is 1. The Kier molecular flexibility index (Phi) is 5.80. The number of nitrogens with zero attached hydrogens (tertiary/aromatic N) is 5. The molecule has 194 valence electrons. The van der Waals surface area contributed by atoms with Gasteiger partial charge in [-0.2, -0.15) is 0 Å². The van der Waals surface area contributed by atoms with Gasteiger partial charge in [0.05, 0.1) is 30.7 Å². The highest BCUT2D eigenvalue weighted by Crippen LogP contribution is 2.37. The highest BCUT2D eigenvalue weighted by atomic mass is 16.5. The molecular weight excluding hydrogens is 480 g/mol. The first-order valence-electron chi connectivity index (χ1n) is 13.2. The Morgan fingerprint density at radius 2 is 1.84 bits per heavy atom. The molecule has 0 radical (unpaired) electrons. The van der Waals surface area contributed by atoms with Crippen LogP contribution in [-0.2, 0) is 11.3 Å². The van der Waals surface area contributed by atoms with Crippen LogP contribution in [0.4, 0.5) is 11.5 Å². The molecule has 7 rings (SSSR count). The molecule has 0 spiro atoms. The third-order valence-electron chi connectivity index (χ3n) is 7.79. The number of rotatable bonds is 6. The van der Waals surface area contributed by atoms with Gasteiger partial charge in [0.25, 0.3) is 5.91 Å². The van der Waals surface area contributed by atoms with E-state index in [0.29, 0.717) is 23.5 Å². The number of benzene rings is 1. The molecule has 0 saturated carbocycles. The highest BCUT2D eigenvalue weighted by Gasteiger charge is 2.39. The van der Waals surface area contributed by atoms with Crippen molar-refractivity contribution in [3.05, 3.63) is 66.2 Å². The van der Waals surface area contributed by atoms with Gasteiger partial charge < -0.3 is 25.7 Å². The van der Waals surface area contributed by atoms with E-state index in [4.69, 9.17) is 10.5 Å². The van der Waals surface area contributed by atoms with Crippen molar-refractivity contribution in [2.45, 2.75) is 37.5 Å². The summed E-state index contributed by atoms with van der Waals surface area (Å²) in [7, 11) is 0. The van der Waals surface area contributed by atoms with Crippen LogP contribution in [0.2, 0.25) is 0 Å². The summed E-state index contributed by atoms with van der Waals surface area (Å²) in [6.45, 7) is 4.04. The van der Waals surface area contributed by atoms with E-state index in [1.54, 1.807) is 12.5 Å². The second-order valence-corrected chi connectivity index (χ2v) is 10.5. The number of likely N-dealkylation sites (tertiary alicyclic amines) is 1. The molecule has 2 bridgehead atoms. The van der Waals surface area contributed by atoms with Crippen LogP contribution in [0.15, 0.2) is 55.0 Å². The van der Waals surface area contributed by atoms with Gasteiger partial charge in [0.2, 0.25) is 0 Å².